The lowest BCUT2D eigenvalue weighted by Gasteiger charge is -2.41. The first-order valence-electron chi connectivity index (χ1n) is 14.3. The Hall–Kier alpha value is -3.77. The van der Waals surface area contributed by atoms with E-state index in [2.05, 4.69) is 45.9 Å². The van der Waals surface area contributed by atoms with Crippen molar-refractivity contribution in [1.82, 2.24) is 4.57 Å². The molecule has 0 aliphatic rings. The fourth-order valence-corrected chi connectivity index (χ4v) is 9.95. The Balaban J connectivity index is 1.60. The van der Waals surface area contributed by atoms with E-state index < -0.39 is 19.5 Å². The number of fused-ring (bicyclic) bond motifs is 1. The molecule has 2 N–H and O–H groups in total. The zero-order chi connectivity index (χ0) is 29.4. The van der Waals surface area contributed by atoms with E-state index in [-0.39, 0.29) is 5.56 Å². The van der Waals surface area contributed by atoms with Gasteiger partial charge in [0.1, 0.15) is 0 Å². The van der Waals surface area contributed by atoms with Gasteiger partial charge in [0.2, 0.25) is 0 Å². The zero-order valence-electron chi connectivity index (χ0n) is 24.6. The average molecular weight is 562 g/mol. The highest BCUT2D eigenvalue weighted by Gasteiger charge is 2.49. The number of aliphatic hydroxyl groups is 1. The lowest BCUT2D eigenvalue weighted by atomic mass is 9.91. The number of nitrogens with zero attached hydrogens (tertiary/aromatic N) is 1. The molecule has 0 bridgehead atoms. The standard InChI is InChI=1S/C36H39NO3Si/c1-25-20-21-27(24-26(25)2)33-30-18-12-13-19-31(30)35(39)37(5)34(33)32(38)22-23-36(3,4)41(40,28-14-8-6-9-15-28)29-16-10-7-11-17-29/h6-21,24,32,38,40H,22-23H2,1-5H3/t32-/m1/s1. The zero-order valence-corrected chi connectivity index (χ0v) is 25.6. The van der Waals surface area contributed by atoms with Gasteiger partial charge >= 0.3 is 0 Å². The Morgan fingerprint density at radius 1 is 0.780 bits per heavy atom. The summed E-state index contributed by atoms with van der Waals surface area (Å²) in [5.41, 5.74) is 4.70. The Labute approximate surface area is 243 Å². The minimum Gasteiger partial charge on any atom is -0.424 e. The van der Waals surface area contributed by atoms with Crippen LogP contribution >= 0.6 is 0 Å². The largest absolute Gasteiger partial charge is 0.424 e. The molecule has 0 saturated carbocycles. The molecule has 4 aromatic carbocycles. The average Bonchev–Trinajstić information content (AvgIpc) is 2.99. The molecule has 5 aromatic rings. The van der Waals surface area contributed by atoms with Crippen LogP contribution in [0.5, 0.6) is 0 Å². The molecule has 0 aliphatic heterocycles. The molecule has 0 amide bonds. The summed E-state index contributed by atoms with van der Waals surface area (Å²) in [6.07, 6.45) is 0.0532. The van der Waals surface area contributed by atoms with Crippen LogP contribution in [0.25, 0.3) is 21.9 Å². The summed E-state index contributed by atoms with van der Waals surface area (Å²) in [4.78, 5) is 26.1. The van der Waals surface area contributed by atoms with Crippen molar-refractivity contribution in [1.29, 1.82) is 0 Å². The predicted molar refractivity (Wildman–Crippen MR) is 172 cm³/mol. The molecular formula is C36H39NO3Si. The molecule has 0 spiro atoms. The number of hydrogen-bond acceptors (Lipinski definition) is 3. The van der Waals surface area contributed by atoms with Gasteiger partial charge in [-0.3, -0.25) is 4.79 Å². The Morgan fingerprint density at radius 3 is 1.88 bits per heavy atom. The third-order valence-electron chi connectivity index (χ3n) is 8.87. The van der Waals surface area contributed by atoms with Gasteiger partial charge in [-0.15, -0.1) is 0 Å². The number of aryl methyl sites for hydroxylation is 2. The van der Waals surface area contributed by atoms with Crippen LogP contribution in [0.1, 0.15) is 49.6 Å². The fourth-order valence-electron chi connectivity index (χ4n) is 6.20. The third-order valence-corrected chi connectivity index (χ3v) is 13.4. The molecule has 0 unspecified atom stereocenters. The summed E-state index contributed by atoms with van der Waals surface area (Å²) in [7, 11) is -1.48. The summed E-state index contributed by atoms with van der Waals surface area (Å²) in [6, 6.07) is 33.8. The summed E-state index contributed by atoms with van der Waals surface area (Å²) in [5, 5.41) is 14.7. The molecule has 1 atom stereocenters. The van der Waals surface area contributed by atoms with E-state index in [0.29, 0.717) is 23.9 Å². The number of pyridine rings is 1. The number of benzene rings is 4. The van der Waals surface area contributed by atoms with Gasteiger partial charge in [0.25, 0.3) is 13.9 Å². The van der Waals surface area contributed by atoms with Crippen LogP contribution in [0.15, 0.2) is 108 Å². The fraction of sp³-hybridized carbons (Fsp3) is 0.250. The van der Waals surface area contributed by atoms with Crippen molar-refractivity contribution in [3.63, 3.8) is 0 Å². The van der Waals surface area contributed by atoms with E-state index in [4.69, 9.17) is 0 Å². The predicted octanol–water partition coefficient (Wildman–Crippen LogP) is 6.17. The van der Waals surface area contributed by atoms with Gasteiger partial charge in [-0.05, 0) is 70.2 Å². The second-order valence-corrected chi connectivity index (χ2v) is 15.8. The van der Waals surface area contributed by atoms with Crippen molar-refractivity contribution in [2.75, 3.05) is 0 Å². The van der Waals surface area contributed by atoms with Crippen molar-refractivity contribution in [3.05, 3.63) is 130 Å². The molecular weight excluding hydrogens is 522 g/mol. The smallest absolute Gasteiger partial charge is 0.258 e. The molecule has 4 nitrogen and oxygen atoms in total. The highest BCUT2D eigenvalue weighted by atomic mass is 28.4. The van der Waals surface area contributed by atoms with Crippen LogP contribution in [-0.4, -0.2) is 22.8 Å². The van der Waals surface area contributed by atoms with Crippen molar-refractivity contribution in [3.8, 4) is 11.1 Å². The normalized spacial score (nSPS) is 13.0. The molecule has 41 heavy (non-hydrogen) atoms. The second kappa shape index (κ2) is 11.2. The Morgan fingerprint density at radius 2 is 1.32 bits per heavy atom. The Bertz CT molecular complexity index is 1700. The SMILES string of the molecule is Cc1ccc(-c2c([C@H](O)CCC(C)(C)[Si](O)(c3ccccc3)c3ccccc3)n(C)c(=O)c3ccccc23)cc1C. The van der Waals surface area contributed by atoms with Crippen LogP contribution in [0.3, 0.4) is 0 Å². The van der Waals surface area contributed by atoms with Gasteiger partial charge in [0, 0.05) is 18.0 Å². The maximum absolute atomic E-state index is 13.5. The molecule has 0 aliphatic carbocycles. The molecule has 0 radical (unpaired) electrons. The van der Waals surface area contributed by atoms with Gasteiger partial charge in [0.15, 0.2) is 0 Å². The first-order chi connectivity index (χ1) is 19.6. The number of hydrogen-bond donors (Lipinski definition) is 2. The van der Waals surface area contributed by atoms with E-state index in [0.717, 1.165) is 32.5 Å². The van der Waals surface area contributed by atoms with E-state index in [1.165, 1.54) is 5.56 Å². The van der Waals surface area contributed by atoms with E-state index in [9.17, 15) is 14.7 Å². The second-order valence-electron chi connectivity index (χ2n) is 11.8. The van der Waals surface area contributed by atoms with Crippen molar-refractivity contribution in [2.24, 2.45) is 7.05 Å². The number of aromatic nitrogens is 1. The van der Waals surface area contributed by atoms with E-state index >= 15 is 0 Å². The van der Waals surface area contributed by atoms with Crippen LogP contribution in [0.2, 0.25) is 5.04 Å². The van der Waals surface area contributed by atoms with Gasteiger partial charge in [0.05, 0.1) is 11.8 Å². The monoisotopic (exact) mass is 561 g/mol. The lowest BCUT2D eigenvalue weighted by molar-refractivity contribution is 0.150. The third kappa shape index (κ3) is 5.10. The summed E-state index contributed by atoms with van der Waals surface area (Å²) < 4.78 is 1.61. The number of aliphatic hydroxyl groups excluding tert-OH is 1. The van der Waals surface area contributed by atoms with E-state index in [1.807, 2.05) is 84.9 Å². The molecule has 5 rings (SSSR count). The Kier molecular flexibility index (Phi) is 7.88. The van der Waals surface area contributed by atoms with Gasteiger partial charge in [-0.25, -0.2) is 0 Å². The van der Waals surface area contributed by atoms with Crippen molar-refractivity contribution >= 4 is 29.5 Å². The highest BCUT2D eigenvalue weighted by Crippen LogP contribution is 2.43. The molecule has 0 fully saturated rings. The van der Waals surface area contributed by atoms with Gasteiger partial charge in [-0.2, -0.15) is 0 Å². The number of rotatable bonds is 8. The van der Waals surface area contributed by atoms with Crippen molar-refractivity contribution < 1.29 is 9.90 Å². The maximum Gasteiger partial charge on any atom is 0.258 e. The quantitative estimate of drug-likeness (QED) is 0.223. The highest BCUT2D eigenvalue weighted by molar-refractivity contribution is 6.98. The van der Waals surface area contributed by atoms with E-state index in [1.54, 1.807) is 11.6 Å². The summed E-state index contributed by atoms with van der Waals surface area (Å²) in [5.74, 6) is 0. The first-order valence-corrected chi connectivity index (χ1v) is 16.2. The van der Waals surface area contributed by atoms with Crippen molar-refractivity contribution in [2.45, 2.75) is 51.7 Å². The minimum atomic E-state index is -3.24. The minimum absolute atomic E-state index is 0.124. The molecule has 1 aromatic heterocycles. The van der Waals surface area contributed by atoms with Gasteiger partial charge in [-0.1, -0.05) is 111 Å². The summed E-state index contributed by atoms with van der Waals surface area (Å²) in [6.45, 7) is 8.38. The van der Waals surface area contributed by atoms with Crippen LogP contribution in [0.4, 0.5) is 0 Å². The molecule has 5 heteroatoms. The summed E-state index contributed by atoms with van der Waals surface area (Å²) >= 11 is 0. The first kappa shape index (κ1) is 28.7. The lowest BCUT2D eigenvalue weighted by Crippen LogP contribution is -2.65. The van der Waals surface area contributed by atoms with Crippen LogP contribution in [-0.2, 0) is 7.05 Å². The molecule has 1 heterocycles. The van der Waals surface area contributed by atoms with Gasteiger partial charge < -0.3 is 14.5 Å². The molecule has 0 saturated heterocycles. The van der Waals surface area contributed by atoms with Crippen LogP contribution in [0, 0.1) is 13.8 Å². The topological polar surface area (TPSA) is 62.5 Å². The maximum atomic E-state index is 13.5. The van der Waals surface area contributed by atoms with Crippen LogP contribution < -0.4 is 15.9 Å². The molecule has 210 valence electrons.